The van der Waals surface area contributed by atoms with E-state index in [9.17, 15) is 9.90 Å². The van der Waals surface area contributed by atoms with Crippen molar-refractivity contribution in [3.05, 3.63) is 16.8 Å². The molecule has 0 spiro atoms. The minimum atomic E-state index is -0.831. The molecule has 3 rings (SSSR count). The summed E-state index contributed by atoms with van der Waals surface area (Å²) >= 11 is 3.36. The Morgan fingerprint density at radius 1 is 1.52 bits per heavy atom. The SMILES string of the molecule is CSCC[C@@H](Nc1ncnc2sc3c(c12)CCC3)C(=O)O. The van der Waals surface area contributed by atoms with E-state index in [1.54, 1.807) is 23.1 Å². The minimum Gasteiger partial charge on any atom is -0.480 e. The molecule has 2 aromatic rings. The van der Waals surface area contributed by atoms with Gasteiger partial charge in [-0.15, -0.1) is 11.3 Å². The van der Waals surface area contributed by atoms with Gasteiger partial charge in [-0.3, -0.25) is 0 Å². The number of hydrogen-bond donors (Lipinski definition) is 2. The third kappa shape index (κ3) is 2.85. The highest BCUT2D eigenvalue weighted by molar-refractivity contribution is 7.98. The summed E-state index contributed by atoms with van der Waals surface area (Å²) in [5.74, 6) is 0.649. The first-order valence-electron chi connectivity index (χ1n) is 6.94. The number of anilines is 1. The molecule has 7 heteroatoms. The lowest BCUT2D eigenvalue weighted by atomic mass is 10.1. The Morgan fingerprint density at radius 2 is 2.38 bits per heavy atom. The summed E-state index contributed by atoms with van der Waals surface area (Å²) in [6.45, 7) is 0. The van der Waals surface area contributed by atoms with Crippen LogP contribution < -0.4 is 5.32 Å². The van der Waals surface area contributed by atoms with Crippen LogP contribution in [0.3, 0.4) is 0 Å². The molecule has 0 bridgehead atoms. The van der Waals surface area contributed by atoms with Crippen molar-refractivity contribution in [2.45, 2.75) is 31.7 Å². The van der Waals surface area contributed by atoms with Gasteiger partial charge >= 0.3 is 5.97 Å². The molecule has 0 aromatic carbocycles. The van der Waals surface area contributed by atoms with E-state index in [0.29, 0.717) is 12.2 Å². The van der Waals surface area contributed by atoms with E-state index < -0.39 is 12.0 Å². The van der Waals surface area contributed by atoms with Gasteiger partial charge in [-0.25, -0.2) is 14.8 Å². The Kier molecular flexibility index (Phi) is 4.30. The normalized spacial score (nSPS) is 15.1. The number of nitrogens with one attached hydrogen (secondary N) is 1. The average Bonchev–Trinajstić information content (AvgIpc) is 3.03. The molecule has 112 valence electrons. The first-order valence-corrected chi connectivity index (χ1v) is 9.15. The van der Waals surface area contributed by atoms with Crippen LogP contribution in [0.4, 0.5) is 5.82 Å². The predicted octanol–water partition coefficient (Wildman–Crippen LogP) is 2.80. The van der Waals surface area contributed by atoms with E-state index in [0.717, 1.165) is 28.8 Å². The Hall–Kier alpha value is -1.34. The maximum atomic E-state index is 11.4. The van der Waals surface area contributed by atoms with Crippen molar-refractivity contribution in [3.8, 4) is 0 Å². The van der Waals surface area contributed by atoms with E-state index in [4.69, 9.17) is 0 Å². The second kappa shape index (κ2) is 6.19. The Bertz CT molecular complexity index is 672. The van der Waals surface area contributed by atoms with Gasteiger partial charge < -0.3 is 10.4 Å². The largest absolute Gasteiger partial charge is 0.480 e. The fraction of sp³-hybridized carbons (Fsp3) is 0.500. The van der Waals surface area contributed by atoms with E-state index in [1.807, 2.05) is 6.26 Å². The van der Waals surface area contributed by atoms with E-state index in [-0.39, 0.29) is 0 Å². The number of carboxylic acids is 1. The molecule has 1 aliphatic carbocycles. The number of aryl methyl sites for hydroxylation is 2. The van der Waals surface area contributed by atoms with Gasteiger partial charge in [0.2, 0.25) is 0 Å². The van der Waals surface area contributed by atoms with Gasteiger partial charge in [-0.2, -0.15) is 11.8 Å². The summed E-state index contributed by atoms with van der Waals surface area (Å²) in [7, 11) is 0. The molecule has 21 heavy (non-hydrogen) atoms. The zero-order valence-electron chi connectivity index (χ0n) is 11.8. The van der Waals surface area contributed by atoms with Crippen LogP contribution in [0.25, 0.3) is 10.2 Å². The molecule has 0 amide bonds. The van der Waals surface area contributed by atoms with Crippen LogP contribution in [-0.4, -0.2) is 39.1 Å². The van der Waals surface area contributed by atoms with Gasteiger partial charge in [0.25, 0.3) is 0 Å². The summed E-state index contributed by atoms with van der Waals surface area (Å²) in [4.78, 5) is 22.4. The third-order valence-corrected chi connectivity index (χ3v) is 5.56. The van der Waals surface area contributed by atoms with Gasteiger partial charge in [0.15, 0.2) is 0 Å². The highest BCUT2D eigenvalue weighted by Crippen LogP contribution is 2.39. The van der Waals surface area contributed by atoms with Crippen LogP contribution in [0.1, 0.15) is 23.3 Å². The lowest BCUT2D eigenvalue weighted by Crippen LogP contribution is -2.30. The monoisotopic (exact) mass is 323 g/mol. The number of nitrogens with zero attached hydrogens (tertiary/aromatic N) is 2. The number of thiophene rings is 1. The van der Waals surface area contributed by atoms with Gasteiger partial charge in [-0.05, 0) is 43.3 Å². The Balaban J connectivity index is 1.94. The average molecular weight is 323 g/mol. The maximum Gasteiger partial charge on any atom is 0.326 e. The molecule has 0 unspecified atom stereocenters. The number of thioether (sulfide) groups is 1. The van der Waals surface area contributed by atoms with Crippen LogP contribution >= 0.6 is 23.1 Å². The molecular formula is C14H17N3O2S2. The van der Waals surface area contributed by atoms with E-state index >= 15 is 0 Å². The summed E-state index contributed by atoms with van der Waals surface area (Å²) in [5.41, 5.74) is 1.31. The fourth-order valence-electron chi connectivity index (χ4n) is 2.70. The lowest BCUT2D eigenvalue weighted by molar-refractivity contribution is -0.137. The van der Waals surface area contributed by atoms with Crippen molar-refractivity contribution in [1.29, 1.82) is 0 Å². The molecular weight excluding hydrogens is 306 g/mol. The first-order chi connectivity index (χ1) is 10.2. The topological polar surface area (TPSA) is 75.1 Å². The summed E-state index contributed by atoms with van der Waals surface area (Å²) in [6.07, 6.45) is 7.39. The van der Waals surface area contributed by atoms with Crippen molar-refractivity contribution >= 4 is 45.1 Å². The number of fused-ring (bicyclic) bond motifs is 3. The standard InChI is InChI=1S/C14H17N3O2S2/c1-20-6-5-9(14(18)19)17-12-11-8-3-2-4-10(8)21-13(11)16-7-15-12/h7,9H,2-6H2,1H3,(H,18,19)(H,15,16,17)/t9-/m1/s1. The number of hydrogen-bond acceptors (Lipinski definition) is 6. The molecule has 5 nitrogen and oxygen atoms in total. The molecule has 0 saturated carbocycles. The molecule has 0 aliphatic heterocycles. The van der Waals surface area contributed by atoms with Crippen LogP contribution in [0.5, 0.6) is 0 Å². The third-order valence-electron chi connectivity index (χ3n) is 3.72. The smallest absolute Gasteiger partial charge is 0.326 e. The quantitative estimate of drug-likeness (QED) is 0.851. The summed E-state index contributed by atoms with van der Waals surface area (Å²) in [6, 6.07) is -0.604. The second-order valence-electron chi connectivity index (χ2n) is 5.08. The van der Waals surface area contributed by atoms with Gasteiger partial charge in [0.1, 0.15) is 23.0 Å². The highest BCUT2D eigenvalue weighted by Gasteiger charge is 2.24. The van der Waals surface area contributed by atoms with Crippen molar-refractivity contribution in [1.82, 2.24) is 9.97 Å². The Morgan fingerprint density at radius 3 is 3.14 bits per heavy atom. The first kappa shape index (κ1) is 14.6. The molecule has 1 atom stereocenters. The van der Waals surface area contributed by atoms with Gasteiger partial charge in [0.05, 0.1) is 5.39 Å². The van der Waals surface area contributed by atoms with Crippen molar-refractivity contribution < 1.29 is 9.90 Å². The van der Waals surface area contributed by atoms with Gasteiger partial charge in [-0.1, -0.05) is 0 Å². The van der Waals surface area contributed by atoms with Crippen LogP contribution in [0.2, 0.25) is 0 Å². The van der Waals surface area contributed by atoms with Crippen LogP contribution in [0, 0.1) is 0 Å². The molecule has 0 radical (unpaired) electrons. The number of carboxylic acid groups (broad SMARTS) is 1. The lowest BCUT2D eigenvalue weighted by Gasteiger charge is -2.15. The predicted molar refractivity (Wildman–Crippen MR) is 87.5 cm³/mol. The van der Waals surface area contributed by atoms with Gasteiger partial charge in [0, 0.05) is 4.88 Å². The Labute approximate surface area is 131 Å². The number of rotatable bonds is 6. The molecule has 0 fully saturated rings. The number of aliphatic carboxylic acids is 1. The molecule has 1 aliphatic rings. The molecule has 0 saturated heterocycles. The summed E-state index contributed by atoms with van der Waals surface area (Å²) in [5, 5.41) is 13.5. The molecule has 2 aromatic heterocycles. The zero-order valence-corrected chi connectivity index (χ0v) is 13.4. The molecule has 2 N–H and O–H groups in total. The fourth-order valence-corrected chi connectivity index (χ4v) is 4.40. The molecule has 2 heterocycles. The van der Waals surface area contributed by atoms with Crippen LogP contribution in [0.15, 0.2) is 6.33 Å². The van der Waals surface area contributed by atoms with E-state index in [2.05, 4.69) is 15.3 Å². The zero-order chi connectivity index (χ0) is 14.8. The van der Waals surface area contributed by atoms with Crippen molar-refractivity contribution in [2.75, 3.05) is 17.3 Å². The number of aromatic nitrogens is 2. The van der Waals surface area contributed by atoms with Crippen molar-refractivity contribution in [3.63, 3.8) is 0 Å². The number of carbonyl (C=O) groups is 1. The minimum absolute atomic E-state index is 0.578. The second-order valence-corrected chi connectivity index (χ2v) is 7.15. The van der Waals surface area contributed by atoms with Crippen molar-refractivity contribution in [2.24, 2.45) is 0 Å². The maximum absolute atomic E-state index is 11.4. The summed E-state index contributed by atoms with van der Waals surface area (Å²) < 4.78 is 0. The highest BCUT2D eigenvalue weighted by atomic mass is 32.2. The van der Waals surface area contributed by atoms with Crippen LogP contribution in [-0.2, 0) is 17.6 Å². The van der Waals surface area contributed by atoms with E-state index in [1.165, 1.54) is 23.2 Å².